The minimum Gasteiger partial charge on any atom is -0.390 e. The first kappa shape index (κ1) is 12.5. The number of benzene rings is 1. The molecule has 0 aliphatic heterocycles. The van der Waals surface area contributed by atoms with Crippen LogP contribution in [0.25, 0.3) is 11.3 Å². The zero-order chi connectivity index (χ0) is 13.8. The maximum absolute atomic E-state index is 9.43. The van der Waals surface area contributed by atoms with Gasteiger partial charge in [-0.1, -0.05) is 35.5 Å². The van der Waals surface area contributed by atoms with Crippen LogP contribution in [-0.2, 0) is 13.2 Å². The predicted octanol–water partition coefficient (Wildman–Crippen LogP) is 1.88. The van der Waals surface area contributed by atoms with E-state index in [4.69, 9.17) is 0 Å². The fraction of sp³-hybridized carbons (Fsp3) is 0.133. The van der Waals surface area contributed by atoms with Gasteiger partial charge in [-0.15, -0.1) is 5.10 Å². The molecule has 0 saturated carbocycles. The van der Waals surface area contributed by atoms with E-state index in [1.165, 1.54) is 0 Å². The van der Waals surface area contributed by atoms with E-state index in [9.17, 15) is 5.11 Å². The SMILES string of the molecule is OCc1nnn(Cc2ccccc2)c1-c1ccncc1. The normalized spacial score (nSPS) is 10.7. The minimum absolute atomic E-state index is 0.132. The summed E-state index contributed by atoms with van der Waals surface area (Å²) < 4.78 is 1.80. The van der Waals surface area contributed by atoms with Crippen molar-refractivity contribution in [1.82, 2.24) is 20.0 Å². The fourth-order valence-corrected chi connectivity index (χ4v) is 2.15. The monoisotopic (exact) mass is 266 g/mol. The van der Waals surface area contributed by atoms with E-state index in [0.717, 1.165) is 16.8 Å². The van der Waals surface area contributed by atoms with Gasteiger partial charge >= 0.3 is 0 Å². The summed E-state index contributed by atoms with van der Waals surface area (Å²) in [5.41, 5.74) is 3.49. The van der Waals surface area contributed by atoms with Gasteiger partial charge in [0.05, 0.1) is 18.8 Å². The largest absolute Gasteiger partial charge is 0.390 e. The van der Waals surface area contributed by atoms with E-state index < -0.39 is 0 Å². The molecule has 0 fully saturated rings. The maximum atomic E-state index is 9.43. The number of nitrogens with zero attached hydrogens (tertiary/aromatic N) is 4. The summed E-state index contributed by atoms with van der Waals surface area (Å²) >= 11 is 0. The Kier molecular flexibility index (Phi) is 3.52. The minimum atomic E-state index is -0.132. The Morgan fingerprint density at radius 2 is 1.75 bits per heavy atom. The third kappa shape index (κ3) is 2.44. The van der Waals surface area contributed by atoms with Crippen LogP contribution in [0.3, 0.4) is 0 Å². The third-order valence-corrected chi connectivity index (χ3v) is 3.08. The highest BCUT2D eigenvalue weighted by atomic mass is 16.3. The Morgan fingerprint density at radius 1 is 1.00 bits per heavy atom. The van der Waals surface area contributed by atoms with Crippen molar-refractivity contribution in [3.63, 3.8) is 0 Å². The van der Waals surface area contributed by atoms with E-state index in [1.54, 1.807) is 17.1 Å². The van der Waals surface area contributed by atoms with Crippen LogP contribution in [0.5, 0.6) is 0 Å². The quantitative estimate of drug-likeness (QED) is 0.783. The molecule has 3 rings (SSSR count). The summed E-state index contributed by atoms with van der Waals surface area (Å²) in [5, 5.41) is 17.6. The molecule has 0 unspecified atom stereocenters. The number of aliphatic hydroxyl groups excluding tert-OH is 1. The van der Waals surface area contributed by atoms with Crippen LogP contribution < -0.4 is 0 Å². The van der Waals surface area contributed by atoms with Gasteiger partial charge < -0.3 is 5.11 Å². The Hall–Kier alpha value is -2.53. The molecule has 1 N–H and O–H groups in total. The van der Waals surface area contributed by atoms with Gasteiger partial charge in [0.1, 0.15) is 5.69 Å². The van der Waals surface area contributed by atoms with Crippen LogP contribution >= 0.6 is 0 Å². The van der Waals surface area contributed by atoms with E-state index in [2.05, 4.69) is 15.3 Å². The van der Waals surface area contributed by atoms with Gasteiger partial charge in [-0.3, -0.25) is 4.98 Å². The number of pyridine rings is 1. The van der Waals surface area contributed by atoms with Crippen LogP contribution in [0.2, 0.25) is 0 Å². The van der Waals surface area contributed by atoms with Crippen molar-refractivity contribution >= 4 is 0 Å². The molecule has 100 valence electrons. The number of aromatic nitrogens is 4. The molecule has 5 heteroatoms. The van der Waals surface area contributed by atoms with Crippen LogP contribution in [-0.4, -0.2) is 25.1 Å². The summed E-state index contributed by atoms with van der Waals surface area (Å²) in [5.74, 6) is 0. The standard InChI is InChI=1S/C15H14N4O/c20-11-14-15(13-6-8-16-9-7-13)19(18-17-14)10-12-4-2-1-3-5-12/h1-9,20H,10-11H2. The zero-order valence-electron chi connectivity index (χ0n) is 10.8. The molecule has 3 aromatic rings. The average molecular weight is 266 g/mol. The van der Waals surface area contributed by atoms with Crippen molar-refractivity contribution < 1.29 is 5.11 Å². The van der Waals surface area contributed by atoms with Crippen LogP contribution in [0.4, 0.5) is 0 Å². The topological polar surface area (TPSA) is 63.8 Å². The van der Waals surface area contributed by atoms with Gasteiger partial charge in [0.2, 0.25) is 0 Å². The van der Waals surface area contributed by atoms with E-state index in [-0.39, 0.29) is 6.61 Å². The van der Waals surface area contributed by atoms with Crippen molar-refractivity contribution in [3.05, 3.63) is 66.1 Å². The van der Waals surface area contributed by atoms with E-state index >= 15 is 0 Å². The van der Waals surface area contributed by atoms with Crippen molar-refractivity contribution in [3.8, 4) is 11.3 Å². The molecule has 0 saturated heterocycles. The maximum Gasteiger partial charge on any atom is 0.116 e. The molecule has 5 nitrogen and oxygen atoms in total. The summed E-state index contributed by atoms with van der Waals surface area (Å²) in [6.45, 7) is 0.484. The van der Waals surface area contributed by atoms with Gasteiger partial charge in [-0.25, -0.2) is 4.68 Å². The highest BCUT2D eigenvalue weighted by Crippen LogP contribution is 2.22. The molecule has 0 aliphatic carbocycles. The van der Waals surface area contributed by atoms with Crippen LogP contribution in [0.15, 0.2) is 54.9 Å². The first-order chi connectivity index (χ1) is 9.88. The molecule has 0 amide bonds. The second-order valence-corrected chi connectivity index (χ2v) is 4.42. The third-order valence-electron chi connectivity index (χ3n) is 3.08. The average Bonchev–Trinajstić information content (AvgIpc) is 2.92. The molecule has 0 aliphatic rings. The second kappa shape index (κ2) is 5.63. The Morgan fingerprint density at radius 3 is 2.45 bits per heavy atom. The van der Waals surface area contributed by atoms with Gasteiger partial charge in [-0.05, 0) is 17.7 Å². The number of aliphatic hydroxyl groups is 1. The highest BCUT2D eigenvalue weighted by molar-refractivity contribution is 5.61. The summed E-state index contributed by atoms with van der Waals surface area (Å²) in [6.07, 6.45) is 3.44. The lowest BCUT2D eigenvalue weighted by Gasteiger charge is -2.07. The molecule has 20 heavy (non-hydrogen) atoms. The Labute approximate surface area is 116 Å². The van der Waals surface area contributed by atoms with Crippen LogP contribution in [0.1, 0.15) is 11.3 Å². The Balaban J connectivity index is 2.02. The lowest BCUT2D eigenvalue weighted by molar-refractivity contribution is 0.277. The number of hydrogen-bond acceptors (Lipinski definition) is 4. The molecule has 0 bridgehead atoms. The molecule has 2 aromatic heterocycles. The molecular formula is C15H14N4O. The molecule has 2 heterocycles. The summed E-state index contributed by atoms with van der Waals surface area (Å²) in [7, 11) is 0. The lowest BCUT2D eigenvalue weighted by atomic mass is 10.1. The summed E-state index contributed by atoms with van der Waals surface area (Å²) in [4.78, 5) is 4.01. The van der Waals surface area contributed by atoms with Gasteiger partial charge in [-0.2, -0.15) is 0 Å². The smallest absolute Gasteiger partial charge is 0.116 e. The van der Waals surface area contributed by atoms with Crippen LogP contribution in [0, 0.1) is 0 Å². The molecular weight excluding hydrogens is 252 g/mol. The molecule has 0 spiro atoms. The highest BCUT2D eigenvalue weighted by Gasteiger charge is 2.14. The van der Waals surface area contributed by atoms with E-state index in [0.29, 0.717) is 12.2 Å². The number of rotatable bonds is 4. The predicted molar refractivity (Wildman–Crippen MR) is 74.7 cm³/mol. The van der Waals surface area contributed by atoms with Crippen molar-refractivity contribution in [2.45, 2.75) is 13.2 Å². The second-order valence-electron chi connectivity index (χ2n) is 4.42. The van der Waals surface area contributed by atoms with E-state index in [1.807, 2.05) is 42.5 Å². The van der Waals surface area contributed by atoms with Gasteiger partial charge in [0.25, 0.3) is 0 Å². The molecule has 0 atom stereocenters. The van der Waals surface area contributed by atoms with Gasteiger partial charge in [0.15, 0.2) is 0 Å². The molecule has 1 aromatic carbocycles. The Bertz CT molecular complexity index is 680. The summed E-state index contributed by atoms with van der Waals surface area (Å²) in [6, 6.07) is 13.8. The zero-order valence-corrected chi connectivity index (χ0v) is 10.8. The lowest BCUT2D eigenvalue weighted by Crippen LogP contribution is -2.04. The fourth-order valence-electron chi connectivity index (χ4n) is 2.15. The first-order valence-corrected chi connectivity index (χ1v) is 6.36. The van der Waals surface area contributed by atoms with Gasteiger partial charge in [0, 0.05) is 18.0 Å². The van der Waals surface area contributed by atoms with Crippen molar-refractivity contribution in [2.75, 3.05) is 0 Å². The first-order valence-electron chi connectivity index (χ1n) is 6.36. The van der Waals surface area contributed by atoms with Crippen molar-refractivity contribution in [1.29, 1.82) is 0 Å². The number of hydrogen-bond donors (Lipinski definition) is 1. The molecule has 0 radical (unpaired) electrons. The van der Waals surface area contributed by atoms with Crippen molar-refractivity contribution in [2.24, 2.45) is 0 Å².